The van der Waals surface area contributed by atoms with E-state index in [0.717, 1.165) is 49.2 Å². The van der Waals surface area contributed by atoms with Gasteiger partial charge in [0, 0.05) is 15.8 Å². The van der Waals surface area contributed by atoms with Gasteiger partial charge in [0.15, 0.2) is 0 Å². The van der Waals surface area contributed by atoms with Gasteiger partial charge in [-0.05, 0) is 58.7 Å². The zero-order valence-corrected chi connectivity index (χ0v) is 14.7. The van der Waals surface area contributed by atoms with Crippen molar-refractivity contribution in [3.8, 4) is 22.3 Å². The first-order valence-electron chi connectivity index (χ1n) is 8.56. The van der Waals surface area contributed by atoms with Gasteiger partial charge in [0.1, 0.15) is 11.2 Å². The lowest BCUT2D eigenvalue weighted by molar-refractivity contribution is 0.669. The summed E-state index contributed by atoms with van der Waals surface area (Å²) in [6.45, 7) is 0. The van der Waals surface area contributed by atoms with Gasteiger partial charge in [-0.25, -0.2) is 0 Å². The summed E-state index contributed by atoms with van der Waals surface area (Å²) in [7, 11) is 0. The maximum Gasteiger partial charge on any atom is 0.136 e. The summed E-state index contributed by atoms with van der Waals surface area (Å²) in [5, 5.41) is 3.05. The van der Waals surface area contributed by atoms with Crippen molar-refractivity contribution in [1.29, 1.82) is 0 Å². The molecule has 1 aromatic heterocycles. The van der Waals surface area contributed by atoms with Crippen LogP contribution in [0.3, 0.4) is 0 Å². The summed E-state index contributed by atoms with van der Waals surface area (Å²) >= 11 is 6.14. The van der Waals surface area contributed by atoms with Crippen LogP contribution < -0.4 is 0 Å². The summed E-state index contributed by atoms with van der Waals surface area (Å²) in [6.07, 6.45) is 0. The molecule has 0 radical (unpaired) electrons. The Morgan fingerprint density at radius 1 is 0.500 bits per heavy atom. The van der Waals surface area contributed by atoms with E-state index in [1.807, 2.05) is 36.4 Å². The van der Waals surface area contributed by atoms with Crippen molar-refractivity contribution < 1.29 is 4.42 Å². The molecule has 0 amide bonds. The monoisotopic (exact) mass is 354 g/mol. The van der Waals surface area contributed by atoms with Crippen LogP contribution in [-0.2, 0) is 0 Å². The molecule has 0 fully saturated rings. The lowest BCUT2D eigenvalue weighted by Crippen LogP contribution is -1.81. The molecule has 0 saturated heterocycles. The van der Waals surface area contributed by atoms with E-state index in [1.165, 1.54) is 0 Å². The van der Waals surface area contributed by atoms with Crippen molar-refractivity contribution in [3.05, 3.63) is 96.0 Å². The number of benzene rings is 4. The fourth-order valence-electron chi connectivity index (χ4n) is 3.45. The predicted molar refractivity (Wildman–Crippen MR) is 110 cm³/mol. The van der Waals surface area contributed by atoms with Crippen molar-refractivity contribution >= 4 is 33.5 Å². The van der Waals surface area contributed by atoms with Gasteiger partial charge < -0.3 is 4.42 Å². The van der Waals surface area contributed by atoms with Gasteiger partial charge in [-0.1, -0.05) is 66.2 Å². The number of fused-ring (bicyclic) bond motifs is 3. The predicted octanol–water partition coefficient (Wildman–Crippen LogP) is 7.57. The third-order valence-electron chi connectivity index (χ3n) is 4.73. The second kappa shape index (κ2) is 6.05. The standard InChI is InChI=1S/C24H15ClO/c25-20-8-4-7-18(14-20)16-5-3-6-17(13-16)19-11-12-22-21-9-1-2-10-23(21)26-24(22)15-19/h1-15H. The molecule has 0 aliphatic carbocycles. The Balaban J connectivity index is 1.63. The smallest absolute Gasteiger partial charge is 0.136 e. The molecule has 0 bridgehead atoms. The van der Waals surface area contributed by atoms with Crippen LogP contribution in [0.5, 0.6) is 0 Å². The Bertz CT molecular complexity index is 1250. The zero-order chi connectivity index (χ0) is 17.5. The first-order valence-corrected chi connectivity index (χ1v) is 8.93. The van der Waals surface area contributed by atoms with Crippen LogP contribution in [0.15, 0.2) is 95.4 Å². The van der Waals surface area contributed by atoms with E-state index in [2.05, 4.69) is 54.6 Å². The van der Waals surface area contributed by atoms with E-state index in [9.17, 15) is 0 Å². The minimum Gasteiger partial charge on any atom is -0.456 e. The Labute approximate surface area is 156 Å². The molecular weight excluding hydrogens is 340 g/mol. The van der Waals surface area contributed by atoms with Crippen LogP contribution in [0, 0.1) is 0 Å². The highest BCUT2D eigenvalue weighted by Gasteiger charge is 2.08. The molecule has 0 unspecified atom stereocenters. The quantitative estimate of drug-likeness (QED) is 0.318. The highest BCUT2D eigenvalue weighted by Crippen LogP contribution is 2.33. The zero-order valence-electron chi connectivity index (χ0n) is 13.9. The lowest BCUT2D eigenvalue weighted by atomic mass is 9.98. The second-order valence-corrected chi connectivity index (χ2v) is 6.84. The molecular formula is C24H15ClO. The first kappa shape index (κ1) is 15.2. The molecule has 0 aliphatic rings. The molecule has 1 nitrogen and oxygen atoms in total. The highest BCUT2D eigenvalue weighted by molar-refractivity contribution is 6.30. The van der Waals surface area contributed by atoms with Crippen LogP contribution in [0.25, 0.3) is 44.2 Å². The average molecular weight is 355 g/mol. The SMILES string of the molecule is Clc1cccc(-c2cccc(-c3ccc4c(c3)oc3ccccc34)c2)c1. The number of rotatable bonds is 2. The van der Waals surface area contributed by atoms with Crippen LogP contribution >= 0.6 is 11.6 Å². The van der Waals surface area contributed by atoms with E-state index in [-0.39, 0.29) is 0 Å². The minimum atomic E-state index is 0.747. The number of hydrogen-bond acceptors (Lipinski definition) is 1. The maximum absolute atomic E-state index is 6.14. The van der Waals surface area contributed by atoms with Crippen LogP contribution in [0.4, 0.5) is 0 Å². The Morgan fingerprint density at radius 3 is 1.96 bits per heavy atom. The first-order chi connectivity index (χ1) is 12.8. The molecule has 4 aromatic carbocycles. The molecule has 0 saturated carbocycles. The molecule has 5 rings (SSSR count). The van der Waals surface area contributed by atoms with Gasteiger partial charge in [-0.3, -0.25) is 0 Å². The molecule has 2 heteroatoms. The highest BCUT2D eigenvalue weighted by atomic mass is 35.5. The Hall–Kier alpha value is -3.03. The largest absolute Gasteiger partial charge is 0.456 e. The number of para-hydroxylation sites is 1. The Kier molecular flexibility index (Phi) is 3.55. The van der Waals surface area contributed by atoms with Crippen molar-refractivity contribution in [2.45, 2.75) is 0 Å². The van der Waals surface area contributed by atoms with E-state index < -0.39 is 0 Å². The average Bonchev–Trinajstić information content (AvgIpc) is 3.06. The van der Waals surface area contributed by atoms with Crippen molar-refractivity contribution in [2.24, 2.45) is 0 Å². The van der Waals surface area contributed by atoms with Crippen molar-refractivity contribution in [2.75, 3.05) is 0 Å². The van der Waals surface area contributed by atoms with E-state index in [4.69, 9.17) is 16.0 Å². The molecule has 124 valence electrons. The maximum atomic E-state index is 6.14. The third kappa shape index (κ3) is 2.58. The minimum absolute atomic E-state index is 0.747. The Morgan fingerprint density at radius 2 is 1.15 bits per heavy atom. The molecule has 1 heterocycles. The van der Waals surface area contributed by atoms with Crippen LogP contribution in [0.2, 0.25) is 5.02 Å². The van der Waals surface area contributed by atoms with Crippen LogP contribution in [0.1, 0.15) is 0 Å². The number of halogens is 1. The van der Waals surface area contributed by atoms with Gasteiger partial charge >= 0.3 is 0 Å². The van der Waals surface area contributed by atoms with Gasteiger partial charge in [0.2, 0.25) is 0 Å². The van der Waals surface area contributed by atoms with E-state index >= 15 is 0 Å². The van der Waals surface area contributed by atoms with Crippen molar-refractivity contribution in [1.82, 2.24) is 0 Å². The molecule has 0 aliphatic heterocycles. The number of hydrogen-bond donors (Lipinski definition) is 0. The molecule has 0 N–H and O–H groups in total. The van der Waals surface area contributed by atoms with E-state index in [0.29, 0.717) is 0 Å². The van der Waals surface area contributed by atoms with Crippen LogP contribution in [-0.4, -0.2) is 0 Å². The summed E-state index contributed by atoms with van der Waals surface area (Å²) in [5.41, 5.74) is 6.40. The summed E-state index contributed by atoms with van der Waals surface area (Å²) in [6, 6.07) is 31.0. The molecule has 0 spiro atoms. The number of furan rings is 1. The topological polar surface area (TPSA) is 13.1 Å². The van der Waals surface area contributed by atoms with E-state index in [1.54, 1.807) is 0 Å². The fourth-order valence-corrected chi connectivity index (χ4v) is 3.64. The van der Waals surface area contributed by atoms with Crippen molar-refractivity contribution in [3.63, 3.8) is 0 Å². The normalized spacial score (nSPS) is 11.3. The molecule has 5 aromatic rings. The molecule has 0 atom stereocenters. The third-order valence-corrected chi connectivity index (χ3v) is 4.97. The summed E-state index contributed by atoms with van der Waals surface area (Å²) in [4.78, 5) is 0. The van der Waals surface area contributed by atoms with Gasteiger partial charge in [0.25, 0.3) is 0 Å². The van der Waals surface area contributed by atoms with Gasteiger partial charge in [-0.2, -0.15) is 0 Å². The summed E-state index contributed by atoms with van der Waals surface area (Å²) in [5.74, 6) is 0. The lowest BCUT2D eigenvalue weighted by Gasteiger charge is -2.07. The van der Waals surface area contributed by atoms with Gasteiger partial charge in [0.05, 0.1) is 0 Å². The fraction of sp³-hybridized carbons (Fsp3) is 0. The van der Waals surface area contributed by atoms with Gasteiger partial charge in [-0.15, -0.1) is 0 Å². The molecule has 26 heavy (non-hydrogen) atoms. The summed E-state index contributed by atoms with van der Waals surface area (Å²) < 4.78 is 6.03. The second-order valence-electron chi connectivity index (χ2n) is 6.40.